The molecule has 164 valence electrons. The normalized spacial score (nSPS) is 14.3. The highest BCUT2D eigenvalue weighted by Crippen LogP contribution is 2.34. The second-order valence-electron chi connectivity index (χ2n) is 7.89. The van der Waals surface area contributed by atoms with Crippen LogP contribution in [-0.2, 0) is 0 Å². The summed E-state index contributed by atoms with van der Waals surface area (Å²) in [4.78, 5) is 22.6. The van der Waals surface area contributed by atoms with Gasteiger partial charge >= 0.3 is 0 Å². The summed E-state index contributed by atoms with van der Waals surface area (Å²) in [5.74, 6) is 0.675. The molecule has 2 heterocycles. The Bertz CT molecular complexity index is 1310. The lowest BCUT2D eigenvalue weighted by molar-refractivity contribution is 0.0744. The zero-order chi connectivity index (χ0) is 22.2. The van der Waals surface area contributed by atoms with E-state index in [2.05, 4.69) is 4.90 Å². The van der Waals surface area contributed by atoms with E-state index in [1.165, 1.54) is 0 Å². The van der Waals surface area contributed by atoms with Crippen molar-refractivity contribution in [3.05, 3.63) is 64.7 Å². The number of benzene rings is 3. The van der Waals surface area contributed by atoms with Gasteiger partial charge in [0.05, 0.1) is 22.4 Å². The molecule has 0 unspecified atom stereocenters. The number of hydrogen-bond donors (Lipinski definition) is 0. The van der Waals surface area contributed by atoms with E-state index in [1.807, 2.05) is 67.3 Å². The Kier molecular flexibility index (Phi) is 5.66. The molecule has 3 aromatic carbocycles. The molecule has 1 aliphatic heterocycles. The average molecular weight is 466 g/mol. The number of rotatable bonds is 4. The van der Waals surface area contributed by atoms with Crippen LogP contribution in [0.2, 0.25) is 5.02 Å². The van der Waals surface area contributed by atoms with E-state index in [-0.39, 0.29) is 5.91 Å². The summed E-state index contributed by atoms with van der Waals surface area (Å²) in [5, 5.41) is 3.70. The zero-order valence-corrected chi connectivity index (χ0v) is 19.7. The first-order chi connectivity index (χ1) is 15.6. The molecular weight excluding hydrogens is 442 g/mol. The Morgan fingerprint density at radius 3 is 2.66 bits per heavy atom. The van der Waals surface area contributed by atoms with Gasteiger partial charge in [-0.1, -0.05) is 53.3 Å². The number of fused-ring (bicyclic) bond motifs is 2. The van der Waals surface area contributed by atoms with Gasteiger partial charge in [0.25, 0.3) is 5.91 Å². The molecule has 1 fully saturated rings. The molecule has 0 saturated carbocycles. The number of carbonyl (C=O) groups excluding carboxylic acids is 1. The van der Waals surface area contributed by atoms with Crippen LogP contribution in [0.25, 0.3) is 21.0 Å². The van der Waals surface area contributed by atoms with Crippen LogP contribution in [-0.4, -0.2) is 48.6 Å². The van der Waals surface area contributed by atoms with Crippen LogP contribution < -0.4 is 9.64 Å². The number of hydrogen-bond acceptors (Lipinski definition) is 5. The SMILES string of the molecule is CCOc1ccc2ccccc2c1C(=O)N1CCN(c2nc3c(C)c(Cl)ccc3s2)CC1. The van der Waals surface area contributed by atoms with Crippen LogP contribution in [0.1, 0.15) is 22.8 Å². The van der Waals surface area contributed by atoms with Gasteiger partial charge in [-0.15, -0.1) is 0 Å². The fourth-order valence-corrected chi connectivity index (χ4v) is 5.46. The second-order valence-corrected chi connectivity index (χ2v) is 9.30. The Morgan fingerprint density at radius 2 is 1.88 bits per heavy atom. The van der Waals surface area contributed by atoms with Gasteiger partial charge in [-0.3, -0.25) is 4.79 Å². The third-order valence-corrected chi connectivity index (χ3v) is 7.47. The van der Waals surface area contributed by atoms with Crippen LogP contribution in [0, 0.1) is 6.92 Å². The summed E-state index contributed by atoms with van der Waals surface area (Å²) in [6.45, 7) is 7.24. The largest absolute Gasteiger partial charge is 0.493 e. The average Bonchev–Trinajstić information content (AvgIpc) is 3.26. The highest BCUT2D eigenvalue weighted by molar-refractivity contribution is 7.22. The van der Waals surface area contributed by atoms with Gasteiger partial charge in [0, 0.05) is 31.2 Å². The number of piperazine rings is 1. The minimum atomic E-state index is 0.0248. The molecular formula is C25H24ClN3O2S. The molecule has 0 bridgehead atoms. The van der Waals surface area contributed by atoms with E-state index in [0.717, 1.165) is 49.8 Å². The van der Waals surface area contributed by atoms with E-state index in [1.54, 1.807) is 11.3 Å². The van der Waals surface area contributed by atoms with Crippen LogP contribution in [0.5, 0.6) is 5.75 Å². The van der Waals surface area contributed by atoms with E-state index < -0.39 is 0 Å². The van der Waals surface area contributed by atoms with Crippen molar-refractivity contribution in [2.75, 3.05) is 37.7 Å². The topological polar surface area (TPSA) is 45.7 Å². The lowest BCUT2D eigenvalue weighted by Crippen LogP contribution is -2.48. The van der Waals surface area contributed by atoms with Crippen LogP contribution >= 0.6 is 22.9 Å². The molecule has 5 nitrogen and oxygen atoms in total. The molecule has 7 heteroatoms. The molecule has 4 aromatic rings. The van der Waals surface area contributed by atoms with Crippen LogP contribution in [0.15, 0.2) is 48.5 Å². The maximum atomic E-state index is 13.6. The van der Waals surface area contributed by atoms with Crippen molar-refractivity contribution in [2.45, 2.75) is 13.8 Å². The minimum absolute atomic E-state index is 0.0248. The maximum absolute atomic E-state index is 13.6. The summed E-state index contributed by atoms with van der Waals surface area (Å²) in [5.41, 5.74) is 2.64. The van der Waals surface area contributed by atoms with E-state index >= 15 is 0 Å². The molecule has 0 radical (unpaired) electrons. The highest BCUT2D eigenvalue weighted by atomic mass is 35.5. The number of anilines is 1. The monoisotopic (exact) mass is 465 g/mol. The molecule has 5 rings (SSSR count). The molecule has 1 amide bonds. The van der Waals surface area contributed by atoms with Gasteiger partial charge in [0.2, 0.25) is 0 Å². The first-order valence-corrected chi connectivity index (χ1v) is 12.0. The highest BCUT2D eigenvalue weighted by Gasteiger charge is 2.27. The van der Waals surface area contributed by atoms with Crippen molar-refractivity contribution in [3.8, 4) is 5.75 Å². The van der Waals surface area contributed by atoms with Gasteiger partial charge < -0.3 is 14.5 Å². The van der Waals surface area contributed by atoms with Gasteiger partial charge in [-0.2, -0.15) is 0 Å². The number of aryl methyl sites for hydroxylation is 1. The predicted octanol–water partition coefficient (Wildman–Crippen LogP) is 5.77. The first kappa shape index (κ1) is 21.0. The van der Waals surface area contributed by atoms with Crippen LogP contribution in [0.4, 0.5) is 5.13 Å². The smallest absolute Gasteiger partial charge is 0.258 e. The number of thiazole rings is 1. The lowest BCUT2D eigenvalue weighted by Gasteiger charge is -2.35. The molecule has 32 heavy (non-hydrogen) atoms. The molecule has 1 saturated heterocycles. The van der Waals surface area contributed by atoms with Crippen molar-refractivity contribution in [1.82, 2.24) is 9.88 Å². The standard InChI is InChI=1S/C25H24ClN3O2S/c1-3-31-20-10-8-17-6-4-5-7-18(17)22(20)24(30)28-12-14-29(15-13-28)25-27-23-16(2)19(26)9-11-21(23)32-25/h4-11H,3,12-15H2,1-2H3. The summed E-state index contributed by atoms with van der Waals surface area (Å²) in [6, 6.07) is 15.9. The zero-order valence-electron chi connectivity index (χ0n) is 18.1. The Morgan fingerprint density at radius 1 is 1.09 bits per heavy atom. The summed E-state index contributed by atoms with van der Waals surface area (Å²) in [7, 11) is 0. The fourth-order valence-electron chi connectivity index (χ4n) is 4.23. The minimum Gasteiger partial charge on any atom is -0.493 e. The number of halogens is 1. The number of aromatic nitrogens is 1. The quantitative estimate of drug-likeness (QED) is 0.383. The third kappa shape index (κ3) is 3.67. The van der Waals surface area contributed by atoms with E-state index in [4.69, 9.17) is 21.3 Å². The number of ether oxygens (including phenoxy) is 1. The second kappa shape index (κ2) is 8.60. The maximum Gasteiger partial charge on any atom is 0.258 e. The molecule has 0 atom stereocenters. The Balaban J connectivity index is 1.38. The van der Waals surface area contributed by atoms with E-state index in [9.17, 15) is 4.79 Å². The lowest BCUT2D eigenvalue weighted by atomic mass is 10.0. The van der Waals surface area contributed by atoms with Gasteiger partial charge in [0.15, 0.2) is 5.13 Å². The fraction of sp³-hybridized carbons (Fsp3) is 0.280. The molecule has 0 aliphatic carbocycles. The summed E-state index contributed by atoms with van der Waals surface area (Å²) < 4.78 is 6.96. The summed E-state index contributed by atoms with van der Waals surface area (Å²) in [6.07, 6.45) is 0. The predicted molar refractivity (Wildman–Crippen MR) is 133 cm³/mol. The van der Waals surface area contributed by atoms with Crippen molar-refractivity contribution < 1.29 is 9.53 Å². The third-order valence-electron chi connectivity index (χ3n) is 5.98. The van der Waals surface area contributed by atoms with E-state index in [0.29, 0.717) is 31.0 Å². The molecule has 0 spiro atoms. The Hall–Kier alpha value is -2.83. The van der Waals surface area contributed by atoms with Gasteiger partial charge in [0.1, 0.15) is 5.75 Å². The molecule has 1 aromatic heterocycles. The number of carbonyl (C=O) groups is 1. The Labute approximate surface area is 196 Å². The van der Waals surface area contributed by atoms with Crippen molar-refractivity contribution in [3.63, 3.8) is 0 Å². The number of amides is 1. The molecule has 1 aliphatic rings. The van der Waals surface area contributed by atoms with Crippen molar-refractivity contribution >= 4 is 55.0 Å². The molecule has 0 N–H and O–H groups in total. The van der Waals surface area contributed by atoms with Gasteiger partial charge in [-0.05, 0) is 48.4 Å². The number of nitrogens with zero attached hydrogens (tertiary/aromatic N) is 3. The first-order valence-electron chi connectivity index (χ1n) is 10.8. The van der Waals surface area contributed by atoms with Crippen molar-refractivity contribution in [1.29, 1.82) is 0 Å². The van der Waals surface area contributed by atoms with Crippen LogP contribution in [0.3, 0.4) is 0 Å². The van der Waals surface area contributed by atoms with Gasteiger partial charge in [-0.25, -0.2) is 4.98 Å². The summed E-state index contributed by atoms with van der Waals surface area (Å²) >= 11 is 7.94. The van der Waals surface area contributed by atoms with Crippen molar-refractivity contribution in [2.24, 2.45) is 0 Å².